The summed E-state index contributed by atoms with van der Waals surface area (Å²) in [6.45, 7) is 3.74. The van der Waals surface area contributed by atoms with Crippen molar-refractivity contribution in [3.63, 3.8) is 0 Å². The predicted octanol–water partition coefficient (Wildman–Crippen LogP) is 2.69. The zero-order valence-corrected chi connectivity index (χ0v) is 11.1. The van der Waals surface area contributed by atoms with Crippen LogP contribution in [0.3, 0.4) is 0 Å². The molecule has 0 saturated carbocycles. The van der Waals surface area contributed by atoms with Gasteiger partial charge < -0.3 is 10.4 Å². The van der Waals surface area contributed by atoms with Crippen LogP contribution in [0.25, 0.3) is 0 Å². The van der Waals surface area contributed by atoms with Crippen LogP contribution in [0.2, 0.25) is 0 Å². The SMILES string of the molecule is CC(C)NC(=O)CCCC(O)c1ccc(F)c(F)c1. The molecule has 1 aromatic carbocycles. The number of aliphatic hydroxyl groups is 1. The fourth-order valence-electron chi connectivity index (χ4n) is 1.74. The normalized spacial score (nSPS) is 12.5. The highest BCUT2D eigenvalue weighted by atomic mass is 19.2. The molecule has 1 unspecified atom stereocenters. The predicted molar refractivity (Wildman–Crippen MR) is 68.4 cm³/mol. The van der Waals surface area contributed by atoms with Gasteiger partial charge in [0.25, 0.3) is 0 Å². The molecule has 19 heavy (non-hydrogen) atoms. The average Bonchev–Trinajstić information content (AvgIpc) is 2.31. The first-order chi connectivity index (χ1) is 8.90. The Kier molecular flexibility index (Phi) is 5.89. The van der Waals surface area contributed by atoms with E-state index in [0.717, 1.165) is 12.1 Å². The molecular weight excluding hydrogens is 252 g/mol. The molecule has 0 aliphatic rings. The van der Waals surface area contributed by atoms with Crippen molar-refractivity contribution in [1.29, 1.82) is 0 Å². The van der Waals surface area contributed by atoms with Crippen LogP contribution in [0.4, 0.5) is 8.78 Å². The largest absolute Gasteiger partial charge is 0.388 e. The van der Waals surface area contributed by atoms with E-state index in [1.54, 1.807) is 0 Å². The van der Waals surface area contributed by atoms with E-state index in [1.165, 1.54) is 6.07 Å². The van der Waals surface area contributed by atoms with Gasteiger partial charge in [0, 0.05) is 12.5 Å². The van der Waals surface area contributed by atoms with Crippen molar-refractivity contribution in [1.82, 2.24) is 5.32 Å². The molecule has 0 aromatic heterocycles. The fraction of sp³-hybridized carbons (Fsp3) is 0.500. The maximum Gasteiger partial charge on any atom is 0.220 e. The summed E-state index contributed by atoms with van der Waals surface area (Å²) >= 11 is 0. The monoisotopic (exact) mass is 271 g/mol. The highest BCUT2D eigenvalue weighted by Gasteiger charge is 2.12. The lowest BCUT2D eigenvalue weighted by Gasteiger charge is -2.12. The Bertz CT molecular complexity index is 435. The molecule has 0 heterocycles. The van der Waals surface area contributed by atoms with Gasteiger partial charge in [0.05, 0.1) is 6.10 Å². The Balaban J connectivity index is 2.40. The topological polar surface area (TPSA) is 49.3 Å². The maximum atomic E-state index is 13.0. The van der Waals surface area contributed by atoms with Crippen molar-refractivity contribution in [2.24, 2.45) is 0 Å². The standard InChI is InChI=1S/C14H19F2NO2/c1-9(2)17-14(19)5-3-4-13(18)10-6-7-11(15)12(16)8-10/h6-9,13,18H,3-5H2,1-2H3,(H,17,19). The van der Waals surface area contributed by atoms with E-state index < -0.39 is 17.7 Å². The Hall–Kier alpha value is -1.49. The summed E-state index contributed by atoms with van der Waals surface area (Å²) in [6, 6.07) is 3.40. The number of carbonyl (C=O) groups excluding carboxylic acids is 1. The van der Waals surface area contributed by atoms with Crippen molar-refractivity contribution < 1.29 is 18.7 Å². The van der Waals surface area contributed by atoms with Gasteiger partial charge in [0.2, 0.25) is 5.91 Å². The van der Waals surface area contributed by atoms with E-state index in [9.17, 15) is 18.7 Å². The Labute approximate surface area is 111 Å². The molecule has 0 aliphatic heterocycles. The van der Waals surface area contributed by atoms with Crippen LogP contribution < -0.4 is 5.32 Å². The third-order valence-electron chi connectivity index (χ3n) is 2.66. The van der Waals surface area contributed by atoms with Gasteiger partial charge in [0.15, 0.2) is 11.6 Å². The van der Waals surface area contributed by atoms with Gasteiger partial charge >= 0.3 is 0 Å². The van der Waals surface area contributed by atoms with E-state index in [4.69, 9.17) is 0 Å². The lowest BCUT2D eigenvalue weighted by Crippen LogP contribution is -2.29. The number of carbonyl (C=O) groups is 1. The summed E-state index contributed by atoms with van der Waals surface area (Å²) in [5.41, 5.74) is 0.322. The summed E-state index contributed by atoms with van der Waals surface area (Å²) in [7, 11) is 0. The summed E-state index contributed by atoms with van der Waals surface area (Å²) in [4.78, 5) is 11.4. The van der Waals surface area contributed by atoms with Gasteiger partial charge in [0.1, 0.15) is 0 Å². The molecule has 1 aromatic rings. The van der Waals surface area contributed by atoms with E-state index in [2.05, 4.69) is 5.32 Å². The van der Waals surface area contributed by atoms with Gasteiger partial charge in [-0.05, 0) is 44.4 Å². The Morgan fingerprint density at radius 2 is 2.00 bits per heavy atom. The number of amides is 1. The van der Waals surface area contributed by atoms with Crippen LogP contribution in [-0.2, 0) is 4.79 Å². The van der Waals surface area contributed by atoms with Gasteiger partial charge in [-0.15, -0.1) is 0 Å². The first kappa shape index (κ1) is 15.6. The molecule has 0 fully saturated rings. The quantitative estimate of drug-likeness (QED) is 0.835. The average molecular weight is 271 g/mol. The maximum absolute atomic E-state index is 13.0. The van der Waals surface area contributed by atoms with Gasteiger partial charge in [-0.25, -0.2) is 8.78 Å². The zero-order valence-electron chi connectivity index (χ0n) is 11.1. The van der Waals surface area contributed by atoms with Gasteiger partial charge in [-0.2, -0.15) is 0 Å². The summed E-state index contributed by atoms with van der Waals surface area (Å²) in [6.07, 6.45) is 0.232. The van der Waals surface area contributed by atoms with Crippen molar-refractivity contribution in [3.8, 4) is 0 Å². The number of halogens is 2. The van der Waals surface area contributed by atoms with E-state index in [0.29, 0.717) is 24.8 Å². The molecule has 0 bridgehead atoms. The molecule has 0 saturated heterocycles. The van der Waals surface area contributed by atoms with Gasteiger partial charge in [-0.1, -0.05) is 6.07 Å². The molecule has 5 heteroatoms. The fourth-order valence-corrected chi connectivity index (χ4v) is 1.74. The number of rotatable bonds is 6. The molecule has 1 amide bonds. The third-order valence-corrected chi connectivity index (χ3v) is 2.66. The molecule has 0 spiro atoms. The second-order valence-electron chi connectivity index (χ2n) is 4.80. The Morgan fingerprint density at radius 1 is 1.32 bits per heavy atom. The first-order valence-electron chi connectivity index (χ1n) is 6.32. The number of nitrogens with one attached hydrogen (secondary N) is 1. The smallest absolute Gasteiger partial charge is 0.220 e. The molecule has 1 atom stereocenters. The second kappa shape index (κ2) is 7.19. The van der Waals surface area contributed by atoms with Crippen LogP contribution in [-0.4, -0.2) is 17.1 Å². The second-order valence-corrected chi connectivity index (χ2v) is 4.80. The lowest BCUT2D eigenvalue weighted by molar-refractivity contribution is -0.121. The number of hydrogen-bond acceptors (Lipinski definition) is 2. The molecular formula is C14H19F2NO2. The molecule has 3 nitrogen and oxygen atoms in total. The third kappa shape index (κ3) is 5.34. The minimum atomic E-state index is -0.978. The minimum Gasteiger partial charge on any atom is -0.388 e. The van der Waals surface area contributed by atoms with Crippen LogP contribution in [0.1, 0.15) is 44.8 Å². The summed E-state index contributed by atoms with van der Waals surface area (Å²) in [5, 5.41) is 12.6. The number of hydrogen-bond donors (Lipinski definition) is 2. The van der Waals surface area contributed by atoms with E-state index >= 15 is 0 Å². The van der Waals surface area contributed by atoms with Crippen LogP contribution in [0.5, 0.6) is 0 Å². The van der Waals surface area contributed by atoms with Crippen molar-refractivity contribution in [2.75, 3.05) is 0 Å². The number of benzene rings is 1. The zero-order chi connectivity index (χ0) is 14.4. The van der Waals surface area contributed by atoms with E-state index in [-0.39, 0.29) is 11.9 Å². The van der Waals surface area contributed by atoms with Gasteiger partial charge in [-0.3, -0.25) is 4.79 Å². The van der Waals surface area contributed by atoms with Crippen LogP contribution >= 0.6 is 0 Å². The number of aliphatic hydroxyl groups excluding tert-OH is 1. The Morgan fingerprint density at radius 3 is 2.58 bits per heavy atom. The first-order valence-corrected chi connectivity index (χ1v) is 6.32. The highest BCUT2D eigenvalue weighted by Crippen LogP contribution is 2.21. The van der Waals surface area contributed by atoms with Crippen LogP contribution in [0.15, 0.2) is 18.2 Å². The van der Waals surface area contributed by atoms with Crippen molar-refractivity contribution in [3.05, 3.63) is 35.4 Å². The highest BCUT2D eigenvalue weighted by molar-refractivity contribution is 5.76. The summed E-state index contributed by atoms with van der Waals surface area (Å²) < 4.78 is 25.7. The molecule has 0 radical (unpaired) electrons. The molecule has 2 N–H and O–H groups in total. The molecule has 0 aliphatic carbocycles. The summed E-state index contributed by atoms with van der Waals surface area (Å²) in [5.74, 6) is -1.99. The lowest BCUT2D eigenvalue weighted by atomic mass is 10.0. The van der Waals surface area contributed by atoms with Crippen LogP contribution in [0, 0.1) is 11.6 Å². The van der Waals surface area contributed by atoms with Crippen molar-refractivity contribution >= 4 is 5.91 Å². The van der Waals surface area contributed by atoms with Crippen molar-refractivity contribution in [2.45, 2.75) is 45.3 Å². The minimum absolute atomic E-state index is 0.0764. The van der Waals surface area contributed by atoms with E-state index in [1.807, 2.05) is 13.8 Å². The molecule has 106 valence electrons. The molecule has 1 rings (SSSR count).